The maximum absolute atomic E-state index is 14.7. The predicted molar refractivity (Wildman–Crippen MR) is 158 cm³/mol. The molecule has 6 heteroatoms. The Morgan fingerprint density at radius 3 is 2.17 bits per heavy atom. The van der Waals surface area contributed by atoms with E-state index in [1.807, 2.05) is 60.4 Å². The van der Waals surface area contributed by atoms with Gasteiger partial charge in [-0.3, -0.25) is 14.4 Å². The number of nitrogens with zero attached hydrogens (tertiary/aromatic N) is 1. The van der Waals surface area contributed by atoms with Gasteiger partial charge in [-0.25, -0.2) is 0 Å². The Morgan fingerprint density at radius 1 is 0.825 bits per heavy atom. The highest BCUT2D eigenvalue weighted by atomic mass is 35.5. The lowest BCUT2D eigenvalue weighted by Crippen LogP contribution is -2.48. The quantitative estimate of drug-likeness (QED) is 0.190. The van der Waals surface area contributed by atoms with Gasteiger partial charge in [-0.2, -0.15) is 0 Å². The molecule has 0 amide bonds. The van der Waals surface area contributed by atoms with Crippen LogP contribution in [-0.2, 0) is 0 Å². The normalized spacial score (nSPS) is 21.9. The molecular formula is C34H23Cl2NO3. The monoisotopic (exact) mass is 563 g/mol. The lowest BCUT2D eigenvalue weighted by Gasteiger charge is -2.37. The van der Waals surface area contributed by atoms with Crippen LogP contribution >= 0.6 is 23.2 Å². The second-order valence-electron chi connectivity index (χ2n) is 10.7. The van der Waals surface area contributed by atoms with Gasteiger partial charge in [-0.15, -0.1) is 0 Å². The fourth-order valence-electron chi connectivity index (χ4n) is 6.94. The molecule has 0 aromatic heterocycles. The molecule has 4 aromatic rings. The molecule has 4 aromatic carbocycles. The molecule has 0 N–H and O–H groups in total. The van der Waals surface area contributed by atoms with Crippen molar-refractivity contribution in [1.82, 2.24) is 0 Å². The SMILES string of the molecule is Cc1ccc2c(c1)N1[C@H](C(=O)c3ccccc3)[C@H](c3ccc(Cl)cc3Cl)C3(C(=O)c4ccccc4C3=O)[C@@H]1C=C2. The Hall–Kier alpha value is -3.99. The minimum Gasteiger partial charge on any atom is -0.352 e. The van der Waals surface area contributed by atoms with Crippen molar-refractivity contribution in [1.29, 1.82) is 0 Å². The van der Waals surface area contributed by atoms with E-state index in [1.165, 1.54) is 0 Å². The number of hydrogen-bond donors (Lipinski definition) is 0. The van der Waals surface area contributed by atoms with Gasteiger partial charge in [-0.1, -0.05) is 108 Å². The first-order chi connectivity index (χ1) is 19.3. The number of halogens is 2. The summed E-state index contributed by atoms with van der Waals surface area (Å²) < 4.78 is 0. The smallest absolute Gasteiger partial charge is 0.185 e. The summed E-state index contributed by atoms with van der Waals surface area (Å²) >= 11 is 13.2. The van der Waals surface area contributed by atoms with Crippen molar-refractivity contribution < 1.29 is 14.4 Å². The van der Waals surface area contributed by atoms with E-state index in [2.05, 4.69) is 0 Å². The molecule has 0 unspecified atom stereocenters. The molecule has 1 spiro atoms. The van der Waals surface area contributed by atoms with Crippen LogP contribution < -0.4 is 4.90 Å². The molecular weight excluding hydrogens is 541 g/mol. The molecule has 0 bridgehead atoms. The molecule has 4 nitrogen and oxygen atoms in total. The van der Waals surface area contributed by atoms with Crippen LogP contribution in [0, 0.1) is 12.3 Å². The van der Waals surface area contributed by atoms with E-state index < -0.39 is 23.4 Å². The summed E-state index contributed by atoms with van der Waals surface area (Å²) in [7, 11) is 0. The highest BCUT2D eigenvalue weighted by molar-refractivity contribution is 6.36. The zero-order valence-electron chi connectivity index (χ0n) is 21.5. The lowest BCUT2D eigenvalue weighted by atomic mass is 9.64. The van der Waals surface area contributed by atoms with Crippen molar-refractivity contribution in [3.05, 3.63) is 140 Å². The molecule has 1 saturated heterocycles. The van der Waals surface area contributed by atoms with Crippen molar-refractivity contribution in [2.45, 2.75) is 24.9 Å². The number of aryl methyl sites for hydroxylation is 1. The van der Waals surface area contributed by atoms with E-state index in [9.17, 15) is 14.4 Å². The maximum Gasteiger partial charge on any atom is 0.185 e. The summed E-state index contributed by atoms with van der Waals surface area (Å²) in [5.74, 6) is -1.64. The molecule has 7 rings (SSSR count). The van der Waals surface area contributed by atoms with Gasteiger partial charge in [0, 0.05) is 38.3 Å². The van der Waals surface area contributed by atoms with Crippen molar-refractivity contribution in [3.63, 3.8) is 0 Å². The Bertz CT molecular complexity index is 1740. The third-order valence-electron chi connectivity index (χ3n) is 8.59. The van der Waals surface area contributed by atoms with E-state index in [4.69, 9.17) is 23.2 Å². The van der Waals surface area contributed by atoms with E-state index in [-0.39, 0.29) is 17.3 Å². The molecule has 196 valence electrons. The summed E-state index contributed by atoms with van der Waals surface area (Å²) in [6.45, 7) is 1.99. The first kappa shape index (κ1) is 25.0. The van der Waals surface area contributed by atoms with Crippen molar-refractivity contribution in [3.8, 4) is 0 Å². The largest absolute Gasteiger partial charge is 0.352 e. The minimum absolute atomic E-state index is 0.183. The van der Waals surface area contributed by atoms with Gasteiger partial charge in [0.25, 0.3) is 0 Å². The zero-order valence-corrected chi connectivity index (χ0v) is 23.0. The van der Waals surface area contributed by atoms with Gasteiger partial charge >= 0.3 is 0 Å². The van der Waals surface area contributed by atoms with E-state index in [0.29, 0.717) is 32.3 Å². The molecule has 1 aliphatic carbocycles. The number of anilines is 1. The molecule has 40 heavy (non-hydrogen) atoms. The molecule has 0 radical (unpaired) electrons. The van der Waals surface area contributed by atoms with Gasteiger partial charge in [0.15, 0.2) is 17.3 Å². The average molecular weight is 564 g/mol. The third-order valence-corrected chi connectivity index (χ3v) is 9.15. The number of benzene rings is 4. The van der Waals surface area contributed by atoms with Gasteiger partial charge in [0.05, 0.1) is 6.04 Å². The second kappa shape index (κ2) is 9.02. The van der Waals surface area contributed by atoms with Crippen molar-refractivity contribution >= 4 is 52.3 Å². The van der Waals surface area contributed by atoms with Gasteiger partial charge in [0.2, 0.25) is 0 Å². The Kier molecular flexibility index (Phi) is 5.64. The van der Waals surface area contributed by atoms with Crippen molar-refractivity contribution in [2.75, 3.05) is 4.90 Å². The molecule has 3 atom stereocenters. The summed E-state index contributed by atoms with van der Waals surface area (Å²) in [6, 6.07) is 25.5. The number of ketones is 3. The van der Waals surface area contributed by atoms with Crippen LogP contribution in [0.25, 0.3) is 6.08 Å². The number of Topliss-reactive ketones (excluding diaryl/α,β-unsaturated/α-hetero) is 3. The Morgan fingerprint density at radius 2 is 1.50 bits per heavy atom. The minimum atomic E-state index is -1.60. The molecule has 2 aliphatic heterocycles. The fraction of sp³-hybridized carbons (Fsp3) is 0.147. The number of carbonyl (C=O) groups is 3. The maximum atomic E-state index is 14.7. The number of carbonyl (C=O) groups excluding carboxylic acids is 3. The van der Waals surface area contributed by atoms with Crippen LogP contribution in [0.2, 0.25) is 10.0 Å². The average Bonchev–Trinajstić information content (AvgIpc) is 3.39. The van der Waals surface area contributed by atoms with Crippen LogP contribution in [-0.4, -0.2) is 29.4 Å². The first-order valence-corrected chi connectivity index (χ1v) is 13.9. The Labute approximate surface area is 241 Å². The van der Waals surface area contributed by atoms with Crippen molar-refractivity contribution in [2.24, 2.45) is 5.41 Å². The standard InChI is InChI=1S/C34H23Cl2NO3/c1-19-11-12-20-13-16-28-34(32(39)23-9-5-6-10-24(23)33(34)40)29(25-15-14-22(35)18-26(25)36)30(37(28)27(20)17-19)31(38)21-7-3-2-4-8-21/h2-18,28-30H,1H3/t28-,29-,30-/m0/s1. The molecule has 1 fully saturated rings. The second-order valence-corrected chi connectivity index (χ2v) is 11.5. The molecule has 3 aliphatic rings. The number of hydrogen-bond acceptors (Lipinski definition) is 4. The third kappa shape index (κ3) is 3.30. The molecule has 0 saturated carbocycles. The number of fused-ring (bicyclic) bond motifs is 5. The van der Waals surface area contributed by atoms with E-state index in [0.717, 1.165) is 16.8 Å². The molecule has 2 heterocycles. The van der Waals surface area contributed by atoms with Gasteiger partial charge < -0.3 is 4.90 Å². The Balaban J connectivity index is 1.58. The predicted octanol–water partition coefficient (Wildman–Crippen LogP) is 7.62. The van der Waals surface area contributed by atoms with E-state index in [1.54, 1.807) is 54.6 Å². The van der Waals surface area contributed by atoms with Crippen LogP contribution in [0.1, 0.15) is 53.7 Å². The zero-order chi connectivity index (χ0) is 27.8. The highest BCUT2D eigenvalue weighted by Gasteiger charge is 2.71. The number of rotatable bonds is 3. The summed E-state index contributed by atoms with van der Waals surface area (Å²) in [5, 5.41) is 0.741. The van der Waals surface area contributed by atoms with Gasteiger partial charge in [-0.05, 0) is 41.8 Å². The lowest BCUT2D eigenvalue weighted by molar-refractivity contribution is 0.0666. The van der Waals surface area contributed by atoms with Crippen LogP contribution in [0.15, 0.2) is 97.1 Å². The van der Waals surface area contributed by atoms with Crippen LogP contribution in [0.3, 0.4) is 0 Å². The summed E-state index contributed by atoms with van der Waals surface area (Å²) in [4.78, 5) is 46.0. The summed E-state index contributed by atoms with van der Waals surface area (Å²) in [5.41, 5.74) is 2.93. The van der Waals surface area contributed by atoms with Gasteiger partial charge in [0.1, 0.15) is 11.5 Å². The highest BCUT2D eigenvalue weighted by Crippen LogP contribution is 2.61. The first-order valence-electron chi connectivity index (χ1n) is 13.1. The van der Waals surface area contributed by atoms with Crippen LogP contribution in [0.4, 0.5) is 5.69 Å². The van der Waals surface area contributed by atoms with Crippen LogP contribution in [0.5, 0.6) is 0 Å². The summed E-state index contributed by atoms with van der Waals surface area (Å²) in [6.07, 6.45) is 3.87. The fourth-order valence-corrected chi connectivity index (χ4v) is 7.47. The topological polar surface area (TPSA) is 54.5 Å². The van der Waals surface area contributed by atoms with E-state index >= 15 is 0 Å².